The molecule has 2 heterocycles. The van der Waals surface area contributed by atoms with Crippen molar-refractivity contribution in [2.45, 2.75) is 12.1 Å². The van der Waals surface area contributed by atoms with Crippen LogP contribution in [0.15, 0.2) is 25.3 Å². The van der Waals surface area contributed by atoms with Gasteiger partial charge >= 0.3 is 0 Å². The second-order valence-electron chi connectivity index (χ2n) is 6.29. The maximum Gasteiger partial charge on any atom is 0.0938 e. The first-order chi connectivity index (χ1) is 10.7. The van der Waals surface area contributed by atoms with Crippen molar-refractivity contribution in [3.05, 3.63) is 25.3 Å². The first-order valence-electron chi connectivity index (χ1n) is 8.43. The van der Waals surface area contributed by atoms with Gasteiger partial charge in [0.2, 0.25) is 0 Å². The Bertz CT molecular complexity index is 349. The average molecular weight is 308 g/mol. The van der Waals surface area contributed by atoms with Crippen LogP contribution in [-0.2, 0) is 4.74 Å². The highest BCUT2D eigenvalue weighted by atomic mass is 16.5. The smallest absolute Gasteiger partial charge is 0.0938 e. The number of nitrogens with zero attached hydrogens (tertiary/aromatic N) is 3. The Morgan fingerprint density at radius 1 is 1.09 bits per heavy atom. The van der Waals surface area contributed by atoms with Crippen molar-refractivity contribution in [2.24, 2.45) is 0 Å². The van der Waals surface area contributed by atoms with Crippen LogP contribution in [0.3, 0.4) is 0 Å². The zero-order valence-corrected chi connectivity index (χ0v) is 14.1. The summed E-state index contributed by atoms with van der Waals surface area (Å²) in [6, 6.07) is 0. The second kappa shape index (κ2) is 8.79. The molecule has 0 bridgehead atoms. The number of hydrogen-bond donors (Lipinski definition) is 1. The number of nitrogens with one attached hydrogen (secondary N) is 1. The van der Waals surface area contributed by atoms with Crippen LogP contribution < -0.4 is 5.32 Å². The minimum atomic E-state index is -0.157. The fourth-order valence-corrected chi connectivity index (χ4v) is 3.28. The van der Waals surface area contributed by atoms with Crippen LogP contribution >= 0.6 is 0 Å². The van der Waals surface area contributed by atoms with Crippen molar-refractivity contribution in [3.63, 3.8) is 0 Å². The summed E-state index contributed by atoms with van der Waals surface area (Å²) >= 11 is 0. The molecule has 0 saturated carbocycles. The lowest BCUT2D eigenvalue weighted by molar-refractivity contribution is 0.0279. The molecule has 22 heavy (non-hydrogen) atoms. The van der Waals surface area contributed by atoms with E-state index in [4.69, 9.17) is 4.74 Å². The fraction of sp³-hybridized carbons (Fsp3) is 0.765. The maximum atomic E-state index is 5.41. The molecule has 2 fully saturated rings. The topological polar surface area (TPSA) is 31.0 Å². The van der Waals surface area contributed by atoms with Crippen molar-refractivity contribution < 1.29 is 4.74 Å². The summed E-state index contributed by atoms with van der Waals surface area (Å²) in [7, 11) is 2.19. The predicted octanol–water partition coefficient (Wildman–Crippen LogP) is 0.614. The largest absolute Gasteiger partial charge is 0.379 e. The molecule has 0 aromatic heterocycles. The second-order valence-corrected chi connectivity index (χ2v) is 6.29. The van der Waals surface area contributed by atoms with Crippen molar-refractivity contribution >= 4 is 0 Å². The molecule has 5 heteroatoms. The van der Waals surface area contributed by atoms with E-state index in [0.29, 0.717) is 0 Å². The van der Waals surface area contributed by atoms with Crippen molar-refractivity contribution in [2.75, 3.05) is 72.6 Å². The third-order valence-corrected chi connectivity index (χ3v) is 4.82. The first-order valence-corrected chi connectivity index (χ1v) is 8.43. The van der Waals surface area contributed by atoms with Crippen LogP contribution in [0.4, 0.5) is 0 Å². The van der Waals surface area contributed by atoms with Gasteiger partial charge in [-0.05, 0) is 7.05 Å². The van der Waals surface area contributed by atoms with Crippen LogP contribution in [0, 0.1) is 0 Å². The molecule has 0 radical (unpaired) electrons. The van der Waals surface area contributed by atoms with Crippen LogP contribution in [0.25, 0.3) is 0 Å². The van der Waals surface area contributed by atoms with Gasteiger partial charge in [0.1, 0.15) is 0 Å². The number of ether oxygens (including phenoxy) is 1. The monoisotopic (exact) mass is 308 g/mol. The quantitative estimate of drug-likeness (QED) is 0.664. The van der Waals surface area contributed by atoms with Crippen LogP contribution in [0.1, 0.15) is 6.42 Å². The van der Waals surface area contributed by atoms with E-state index in [2.05, 4.69) is 46.3 Å². The van der Waals surface area contributed by atoms with Crippen LogP contribution in [0.5, 0.6) is 0 Å². The number of rotatable bonds is 8. The summed E-state index contributed by atoms with van der Waals surface area (Å²) in [5.74, 6) is 0. The van der Waals surface area contributed by atoms with Gasteiger partial charge in [-0.2, -0.15) is 0 Å². The Morgan fingerprint density at radius 3 is 2.36 bits per heavy atom. The zero-order chi connectivity index (χ0) is 15.8. The van der Waals surface area contributed by atoms with Crippen molar-refractivity contribution in [1.29, 1.82) is 0 Å². The van der Waals surface area contributed by atoms with Gasteiger partial charge in [-0.3, -0.25) is 15.1 Å². The van der Waals surface area contributed by atoms with E-state index in [-0.39, 0.29) is 5.66 Å². The predicted molar refractivity (Wildman–Crippen MR) is 92.1 cm³/mol. The molecule has 1 unspecified atom stereocenters. The van der Waals surface area contributed by atoms with E-state index in [1.165, 1.54) is 0 Å². The standard InChI is InChI=1S/C17H32N4O/c1-4-6-17(5-2,21-11-9-19(3)10-12-21)18-7-8-20-13-15-22-16-14-20/h4-5,18H,1-2,6-16H2,3H3. The highest BCUT2D eigenvalue weighted by Crippen LogP contribution is 2.20. The van der Waals surface area contributed by atoms with E-state index >= 15 is 0 Å². The Morgan fingerprint density at radius 2 is 1.77 bits per heavy atom. The number of morpholine rings is 1. The van der Waals surface area contributed by atoms with Crippen molar-refractivity contribution in [1.82, 2.24) is 20.0 Å². The van der Waals surface area contributed by atoms with E-state index in [1.54, 1.807) is 0 Å². The van der Waals surface area contributed by atoms with Gasteiger partial charge in [0, 0.05) is 58.8 Å². The van der Waals surface area contributed by atoms with Gasteiger partial charge in [-0.25, -0.2) is 0 Å². The third kappa shape index (κ3) is 4.64. The van der Waals surface area contributed by atoms with Gasteiger partial charge in [-0.1, -0.05) is 18.7 Å². The molecule has 1 N–H and O–H groups in total. The van der Waals surface area contributed by atoms with Gasteiger partial charge < -0.3 is 9.64 Å². The van der Waals surface area contributed by atoms with Gasteiger partial charge in [0.25, 0.3) is 0 Å². The molecule has 2 aliphatic rings. The minimum absolute atomic E-state index is 0.157. The average Bonchev–Trinajstić information content (AvgIpc) is 2.56. The maximum absolute atomic E-state index is 5.41. The molecule has 0 amide bonds. The summed E-state index contributed by atoms with van der Waals surface area (Å²) in [5.41, 5.74) is -0.157. The summed E-state index contributed by atoms with van der Waals surface area (Å²) < 4.78 is 5.41. The Balaban J connectivity index is 1.89. The number of likely N-dealkylation sites (N-methyl/N-ethyl adjacent to an activating group) is 1. The van der Waals surface area contributed by atoms with Gasteiger partial charge in [0.15, 0.2) is 0 Å². The molecule has 126 valence electrons. The molecule has 0 aromatic carbocycles. The lowest BCUT2D eigenvalue weighted by Gasteiger charge is -2.46. The number of hydrogen-bond acceptors (Lipinski definition) is 5. The van der Waals surface area contributed by atoms with Crippen molar-refractivity contribution in [3.8, 4) is 0 Å². The van der Waals surface area contributed by atoms with Crippen LogP contribution in [0.2, 0.25) is 0 Å². The molecule has 2 saturated heterocycles. The van der Waals surface area contributed by atoms with Crippen LogP contribution in [-0.4, -0.2) is 93.0 Å². The minimum Gasteiger partial charge on any atom is -0.379 e. The number of piperazine rings is 1. The summed E-state index contributed by atoms with van der Waals surface area (Å²) in [6.45, 7) is 18.2. The molecular formula is C17H32N4O. The molecule has 1 atom stereocenters. The molecule has 5 nitrogen and oxygen atoms in total. The normalized spacial score (nSPS) is 24.8. The SMILES string of the molecule is C=CCC(C=C)(NCCN1CCOCC1)N1CCN(C)CC1. The molecule has 0 aromatic rings. The lowest BCUT2D eigenvalue weighted by atomic mass is 10.0. The Labute approximate surface area is 135 Å². The molecular weight excluding hydrogens is 276 g/mol. The van der Waals surface area contributed by atoms with Gasteiger partial charge in [-0.15, -0.1) is 6.58 Å². The summed E-state index contributed by atoms with van der Waals surface area (Å²) in [4.78, 5) is 7.36. The van der Waals surface area contributed by atoms with Gasteiger partial charge in [0.05, 0.1) is 18.9 Å². The lowest BCUT2D eigenvalue weighted by Crippen LogP contribution is -2.63. The van der Waals surface area contributed by atoms with E-state index in [9.17, 15) is 0 Å². The molecule has 2 aliphatic heterocycles. The third-order valence-electron chi connectivity index (χ3n) is 4.82. The molecule has 0 spiro atoms. The highest BCUT2D eigenvalue weighted by molar-refractivity contribution is 5.06. The summed E-state index contributed by atoms with van der Waals surface area (Å²) in [5, 5.41) is 3.75. The molecule has 2 rings (SSSR count). The first kappa shape index (κ1) is 17.6. The Hall–Kier alpha value is -0.720. The van der Waals surface area contributed by atoms with E-state index in [0.717, 1.165) is 72.0 Å². The highest BCUT2D eigenvalue weighted by Gasteiger charge is 2.33. The summed E-state index contributed by atoms with van der Waals surface area (Å²) in [6.07, 6.45) is 4.96. The Kier molecular flexibility index (Phi) is 7.05. The van der Waals surface area contributed by atoms with E-state index in [1.807, 2.05) is 6.08 Å². The fourth-order valence-electron chi connectivity index (χ4n) is 3.28. The molecule has 0 aliphatic carbocycles. The zero-order valence-electron chi connectivity index (χ0n) is 14.1. The van der Waals surface area contributed by atoms with E-state index < -0.39 is 0 Å².